The van der Waals surface area contributed by atoms with Gasteiger partial charge in [-0.1, -0.05) is 23.8 Å². The smallest absolute Gasteiger partial charge is 0.243 e. The van der Waals surface area contributed by atoms with E-state index >= 15 is 0 Å². The predicted octanol–water partition coefficient (Wildman–Crippen LogP) is 2.59. The number of hydrogen-bond donors (Lipinski definition) is 1. The molecule has 1 aromatic heterocycles. The Labute approximate surface area is 146 Å². The number of benzene rings is 1. The maximum absolute atomic E-state index is 12.2. The highest BCUT2D eigenvalue weighted by Crippen LogP contribution is 2.11. The van der Waals surface area contributed by atoms with E-state index in [-0.39, 0.29) is 24.9 Å². The van der Waals surface area contributed by atoms with Crippen molar-refractivity contribution < 1.29 is 9.59 Å². The SMILES string of the molecule is Cc1ccc(NC(=O)CN(C)C(=O)CN(C)Cc2cccs2)cc1. The molecule has 0 aliphatic heterocycles. The Morgan fingerprint density at radius 3 is 2.42 bits per heavy atom. The second-order valence-electron chi connectivity index (χ2n) is 5.92. The van der Waals surface area contributed by atoms with E-state index in [1.54, 1.807) is 18.4 Å². The van der Waals surface area contributed by atoms with E-state index in [0.717, 1.165) is 17.8 Å². The average Bonchev–Trinajstić information content (AvgIpc) is 3.02. The molecule has 6 heteroatoms. The third kappa shape index (κ3) is 5.79. The molecule has 5 nitrogen and oxygen atoms in total. The molecule has 0 bridgehead atoms. The number of anilines is 1. The van der Waals surface area contributed by atoms with Crippen LogP contribution in [0.15, 0.2) is 41.8 Å². The Bertz CT molecular complexity index is 668. The van der Waals surface area contributed by atoms with Crippen LogP contribution in [0.4, 0.5) is 5.69 Å². The molecule has 0 unspecified atom stereocenters. The number of likely N-dealkylation sites (N-methyl/N-ethyl adjacent to an activating group) is 2. The molecule has 0 saturated carbocycles. The second-order valence-corrected chi connectivity index (χ2v) is 6.95. The number of carbonyl (C=O) groups excluding carboxylic acids is 2. The highest BCUT2D eigenvalue weighted by molar-refractivity contribution is 7.09. The summed E-state index contributed by atoms with van der Waals surface area (Å²) >= 11 is 1.67. The van der Waals surface area contributed by atoms with E-state index in [4.69, 9.17) is 0 Å². The molecule has 0 aliphatic rings. The normalized spacial score (nSPS) is 10.7. The molecule has 1 N–H and O–H groups in total. The summed E-state index contributed by atoms with van der Waals surface area (Å²) < 4.78 is 0. The van der Waals surface area contributed by atoms with Crippen molar-refractivity contribution in [2.45, 2.75) is 13.5 Å². The molecular formula is C18H23N3O2S. The molecule has 0 saturated heterocycles. The number of hydrogen-bond acceptors (Lipinski definition) is 4. The van der Waals surface area contributed by atoms with Gasteiger partial charge < -0.3 is 10.2 Å². The molecule has 0 fully saturated rings. The summed E-state index contributed by atoms with van der Waals surface area (Å²) in [5.74, 6) is -0.274. The molecule has 24 heavy (non-hydrogen) atoms. The van der Waals surface area contributed by atoms with Crippen LogP contribution >= 0.6 is 11.3 Å². The van der Waals surface area contributed by atoms with Gasteiger partial charge in [0.1, 0.15) is 0 Å². The Kier molecular flexibility index (Phi) is 6.52. The van der Waals surface area contributed by atoms with Gasteiger partial charge in [0.2, 0.25) is 11.8 Å². The van der Waals surface area contributed by atoms with Crippen molar-refractivity contribution in [1.29, 1.82) is 0 Å². The molecule has 2 rings (SSSR count). The largest absolute Gasteiger partial charge is 0.335 e. The molecular weight excluding hydrogens is 322 g/mol. The summed E-state index contributed by atoms with van der Waals surface area (Å²) in [6.07, 6.45) is 0. The summed E-state index contributed by atoms with van der Waals surface area (Å²) in [7, 11) is 3.55. The van der Waals surface area contributed by atoms with Crippen molar-refractivity contribution in [3.8, 4) is 0 Å². The van der Waals surface area contributed by atoms with Crippen LogP contribution < -0.4 is 5.32 Å². The number of carbonyl (C=O) groups is 2. The van der Waals surface area contributed by atoms with Gasteiger partial charge in [0.25, 0.3) is 0 Å². The number of nitrogens with zero attached hydrogens (tertiary/aromatic N) is 2. The number of nitrogens with one attached hydrogen (secondary N) is 1. The third-order valence-electron chi connectivity index (χ3n) is 3.55. The molecule has 0 aliphatic carbocycles. The lowest BCUT2D eigenvalue weighted by atomic mass is 10.2. The minimum absolute atomic E-state index is 0.0412. The van der Waals surface area contributed by atoms with E-state index in [2.05, 4.69) is 5.32 Å². The van der Waals surface area contributed by atoms with Gasteiger partial charge in [-0.25, -0.2) is 0 Å². The van der Waals surface area contributed by atoms with Crippen LogP contribution in [0.1, 0.15) is 10.4 Å². The zero-order valence-corrected chi connectivity index (χ0v) is 15.1. The summed E-state index contributed by atoms with van der Waals surface area (Å²) in [6.45, 7) is 3.04. The van der Waals surface area contributed by atoms with Crippen LogP contribution in [-0.4, -0.2) is 48.8 Å². The van der Waals surface area contributed by atoms with Gasteiger partial charge in [-0.15, -0.1) is 11.3 Å². The third-order valence-corrected chi connectivity index (χ3v) is 4.41. The fraction of sp³-hybridized carbons (Fsp3) is 0.333. The lowest BCUT2D eigenvalue weighted by Crippen LogP contribution is -2.40. The summed E-state index contributed by atoms with van der Waals surface area (Å²) in [5, 5.41) is 4.82. The number of aryl methyl sites for hydroxylation is 1. The predicted molar refractivity (Wildman–Crippen MR) is 98.1 cm³/mol. The molecule has 0 atom stereocenters. The van der Waals surface area contributed by atoms with E-state index in [0.29, 0.717) is 0 Å². The van der Waals surface area contributed by atoms with Gasteiger partial charge in [0.05, 0.1) is 13.1 Å². The Morgan fingerprint density at radius 1 is 1.08 bits per heavy atom. The standard InChI is InChI=1S/C18H23N3O2S/c1-14-6-8-15(9-7-14)19-17(22)12-21(3)18(23)13-20(2)11-16-5-4-10-24-16/h4-10H,11-13H2,1-3H3,(H,19,22). The Hall–Kier alpha value is -2.18. The van der Waals surface area contributed by atoms with Crippen molar-refractivity contribution in [2.75, 3.05) is 32.5 Å². The highest BCUT2D eigenvalue weighted by Gasteiger charge is 2.15. The molecule has 0 spiro atoms. The maximum atomic E-state index is 12.2. The van der Waals surface area contributed by atoms with Gasteiger partial charge in [-0.05, 0) is 37.6 Å². The first-order chi connectivity index (χ1) is 11.4. The van der Waals surface area contributed by atoms with E-state index < -0.39 is 0 Å². The fourth-order valence-electron chi connectivity index (χ4n) is 2.22. The minimum atomic E-state index is -0.199. The highest BCUT2D eigenvalue weighted by atomic mass is 32.1. The Balaban J connectivity index is 1.77. The number of amides is 2. The Morgan fingerprint density at radius 2 is 1.79 bits per heavy atom. The summed E-state index contributed by atoms with van der Waals surface area (Å²) in [6, 6.07) is 11.6. The number of thiophene rings is 1. The van der Waals surface area contributed by atoms with Crippen LogP contribution in [-0.2, 0) is 16.1 Å². The summed E-state index contributed by atoms with van der Waals surface area (Å²) in [4.78, 5) is 28.9. The monoisotopic (exact) mass is 345 g/mol. The fourth-order valence-corrected chi connectivity index (χ4v) is 3.00. The zero-order chi connectivity index (χ0) is 17.5. The van der Waals surface area contributed by atoms with Crippen molar-refractivity contribution in [1.82, 2.24) is 9.80 Å². The van der Waals surface area contributed by atoms with E-state index in [1.165, 1.54) is 9.78 Å². The lowest BCUT2D eigenvalue weighted by molar-refractivity contribution is -0.134. The van der Waals surface area contributed by atoms with Crippen molar-refractivity contribution in [2.24, 2.45) is 0 Å². The van der Waals surface area contributed by atoms with Crippen LogP contribution in [0.3, 0.4) is 0 Å². The lowest BCUT2D eigenvalue weighted by Gasteiger charge is -2.21. The van der Waals surface area contributed by atoms with Gasteiger partial charge in [0, 0.05) is 24.2 Å². The molecule has 1 heterocycles. The molecule has 0 radical (unpaired) electrons. The van der Waals surface area contributed by atoms with Gasteiger partial charge in [-0.2, -0.15) is 0 Å². The van der Waals surface area contributed by atoms with E-state index in [9.17, 15) is 9.59 Å². The molecule has 2 aromatic rings. The van der Waals surface area contributed by atoms with Crippen LogP contribution in [0.5, 0.6) is 0 Å². The van der Waals surface area contributed by atoms with Crippen molar-refractivity contribution in [3.05, 3.63) is 52.2 Å². The van der Waals surface area contributed by atoms with Crippen LogP contribution in [0, 0.1) is 6.92 Å². The second kappa shape index (κ2) is 8.61. The van der Waals surface area contributed by atoms with Crippen molar-refractivity contribution in [3.63, 3.8) is 0 Å². The molecule has 128 valence electrons. The minimum Gasteiger partial charge on any atom is -0.335 e. The van der Waals surface area contributed by atoms with Gasteiger partial charge in [-0.3, -0.25) is 14.5 Å². The molecule has 1 aromatic carbocycles. The summed E-state index contributed by atoms with van der Waals surface area (Å²) in [5.41, 5.74) is 1.87. The maximum Gasteiger partial charge on any atom is 0.243 e. The first-order valence-electron chi connectivity index (χ1n) is 7.75. The van der Waals surface area contributed by atoms with Gasteiger partial charge in [0.15, 0.2) is 0 Å². The first kappa shape index (κ1) is 18.2. The molecule has 2 amide bonds. The van der Waals surface area contributed by atoms with E-state index in [1.807, 2.05) is 60.6 Å². The topological polar surface area (TPSA) is 52.7 Å². The first-order valence-corrected chi connectivity index (χ1v) is 8.63. The van der Waals surface area contributed by atoms with Crippen LogP contribution in [0.2, 0.25) is 0 Å². The van der Waals surface area contributed by atoms with Crippen LogP contribution in [0.25, 0.3) is 0 Å². The zero-order valence-electron chi connectivity index (χ0n) is 14.3. The number of rotatable bonds is 7. The van der Waals surface area contributed by atoms with Crippen molar-refractivity contribution >= 4 is 28.8 Å². The van der Waals surface area contributed by atoms with Gasteiger partial charge >= 0.3 is 0 Å². The quantitative estimate of drug-likeness (QED) is 0.839. The average molecular weight is 345 g/mol.